The van der Waals surface area contributed by atoms with E-state index in [9.17, 15) is 9.59 Å². The zero-order valence-corrected chi connectivity index (χ0v) is 21.1. The number of carbonyl (C=O) groups is 2. The number of alkyl carbamates (subject to hydrolysis) is 1. The molecule has 0 saturated carbocycles. The van der Waals surface area contributed by atoms with Gasteiger partial charge in [-0.15, -0.1) is 0 Å². The van der Waals surface area contributed by atoms with Crippen LogP contribution < -0.4 is 10.1 Å². The first kappa shape index (κ1) is 24.6. The maximum absolute atomic E-state index is 12.8. The number of amides is 2. The minimum absolute atomic E-state index is 0.0238. The molecule has 8 heteroatoms. The van der Waals surface area contributed by atoms with Crippen LogP contribution in [-0.4, -0.2) is 73.8 Å². The molecule has 2 bridgehead atoms. The second kappa shape index (κ2) is 10.5. The van der Waals surface area contributed by atoms with Crippen LogP contribution in [0, 0.1) is 5.92 Å². The molecule has 8 nitrogen and oxygen atoms in total. The zero-order chi connectivity index (χ0) is 25.1. The molecule has 4 heterocycles. The first-order chi connectivity index (χ1) is 17.4. The summed E-state index contributed by atoms with van der Waals surface area (Å²) in [6, 6.07) is 14.8. The van der Waals surface area contributed by atoms with E-state index < -0.39 is 5.54 Å². The van der Waals surface area contributed by atoms with Gasteiger partial charge in [0.15, 0.2) is 0 Å². The molecule has 2 aromatic carbocycles. The molecule has 6 rings (SSSR count). The van der Waals surface area contributed by atoms with Crippen LogP contribution in [0.2, 0.25) is 0 Å². The van der Waals surface area contributed by atoms with Crippen LogP contribution in [0.4, 0.5) is 4.79 Å². The number of ether oxygens (including phenoxy) is 3. The topological polar surface area (TPSA) is 80.3 Å². The Morgan fingerprint density at radius 3 is 2.36 bits per heavy atom. The predicted octanol–water partition coefficient (Wildman–Crippen LogP) is 4.01. The summed E-state index contributed by atoms with van der Waals surface area (Å²) in [6.45, 7) is 9.25. The lowest BCUT2D eigenvalue weighted by molar-refractivity contribution is -0.0349. The fourth-order valence-corrected chi connectivity index (χ4v) is 5.26. The fourth-order valence-electron chi connectivity index (χ4n) is 5.26. The number of piperidine rings is 3. The summed E-state index contributed by atoms with van der Waals surface area (Å²) >= 11 is 0. The largest absolute Gasteiger partial charge is 0.457 e. The van der Waals surface area contributed by atoms with E-state index in [-0.39, 0.29) is 18.1 Å². The molecule has 4 saturated heterocycles. The van der Waals surface area contributed by atoms with Crippen molar-refractivity contribution in [2.75, 3.05) is 45.9 Å². The van der Waals surface area contributed by atoms with Gasteiger partial charge in [-0.2, -0.15) is 0 Å². The Morgan fingerprint density at radius 2 is 1.67 bits per heavy atom. The van der Waals surface area contributed by atoms with E-state index in [0.29, 0.717) is 49.3 Å². The number of carbonyl (C=O) groups excluding carboxylic acids is 2. The van der Waals surface area contributed by atoms with Crippen molar-refractivity contribution < 1.29 is 23.8 Å². The quantitative estimate of drug-likeness (QED) is 0.655. The molecule has 0 aromatic heterocycles. The van der Waals surface area contributed by atoms with Crippen LogP contribution in [0.25, 0.3) is 0 Å². The van der Waals surface area contributed by atoms with Gasteiger partial charge in [0.05, 0.1) is 18.8 Å². The van der Waals surface area contributed by atoms with Crippen LogP contribution >= 0.6 is 0 Å². The lowest BCUT2D eigenvalue weighted by atomic mass is 9.86. The van der Waals surface area contributed by atoms with Crippen molar-refractivity contribution in [1.82, 2.24) is 15.1 Å². The molecule has 4 aliphatic heterocycles. The molecule has 0 radical (unpaired) electrons. The van der Waals surface area contributed by atoms with Crippen LogP contribution in [0.3, 0.4) is 0 Å². The monoisotopic (exact) mass is 493 g/mol. The highest BCUT2D eigenvalue weighted by Crippen LogP contribution is 2.31. The number of fused-ring (bicyclic) bond motifs is 3. The fraction of sp³-hybridized carbons (Fsp3) is 0.500. The van der Waals surface area contributed by atoms with Crippen molar-refractivity contribution in [3.8, 4) is 11.5 Å². The maximum atomic E-state index is 12.8. The van der Waals surface area contributed by atoms with E-state index in [2.05, 4.69) is 10.2 Å². The van der Waals surface area contributed by atoms with Gasteiger partial charge in [-0.3, -0.25) is 9.69 Å². The Labute approximate surface area is 212 Å². The van der Waals surface area contributed by atoms with Gasteiger partial charge in [0.25, 0.3) is 5.91 Å². The molecule has 4 aliphatic rings. The lowest BCUT2D eigenvalue weighted by Gasteiger charge is -2.44. The van der Waals surface area contributed by atoms with Gasteiger partial charge >= 0.3 is 6.09 Å². The van der Waals surface area contributed by atoms with Gasteiger partial charge in [0.2, 0.25) is 0 Å². The molecule has 2 aromatic rings. The Morgan fingerprint density at radius 1 is 0.972 bits per heavy atom. The van der Waals surface area contributed by atoms with Crippen molar-refractivity contribution in [3.63, 3.8) is 0 Å². The Bertz CT molecular complexity index is 1090. The standard InChI is InChI=1S/C28H35N3O5/c1-28(2,29-27(33)36-25-19-30-11-9-20(25)10-12-30)22-6-4-8-24(18-22)35-23-7-3-5-21(17-23)26(32)31-13-15-34-16-14-31/h3-8,17-18,20,25H,9-16,19H2,1-2H3,(H,29,33). The van der Waals surface area contributed by atoms with E-state index in [1.807, 2.05) is 50.2 Å². The molecule has 1 N–H and O–H groups in total. The number of benzene rings is 2. The highest BCUT2D eigenvalue weighted by Gasteiger charge is 2.37. The first-order valence-corrected chi connectivity index (χ1v) is 12.8. The van der Waals surface area contributed by atoms with Crippen LogP contribution in [-0.2, 0) is 15.0 Å². The number of hydrogen-bond acceptors (Lipinski definition) is 6. The van der Waals surface area contributed by atoms with Gasteiger partial charge in [-0.05, 0) is 81.6 Å². The Kier molecular flexibility index (Phi) is 7.16. The van der Waals surface area contributed by atoms with Gasteiger partial charge in [-0.25, -0.2) is 4.79 Å². The molecule has 1 unspecified atom stereocenters. The summed E-state index contributed by atoms with van der Waals surface area (Å²) < 4.78 is 17.3. The van der Waals surface area contributed by atoms with Crippen molar-refractivity contribution in [2.45, 2.75) is 38.3 Å². The van der Waals surface area contributed by atoms with Crippen LogP contribution in [0.5, 0.6) is 11.5 Å². The normalized spacial score (nSPS) is 23.7. The minimum atomic E-state index is -0.654. The van der Waals surface area contributed by atoms with E-state index in [1.165, 1.54) is 0 Å². The lowest BCUT2D eigenvalue weighted by Crippen LogP contribution is -2.53. The third kappa shape index (κ3) is 5.65. The highest BCUT2D eigenvalue weighted by molar-refractivity contribution is 5.94. The van der Waals surface area contributed by atoms with E-state index in [4.69, 9.17) is 14.2 Å². The average Bonchev–Trinajstić information content (AvgIpc) is 2.89. The summed E-state index contributed by atoms with van der Waals surface area (Å²) in [4.78, 5) is 29.8. The predicted molar refractivity (Wildman–Crippen MR) is 135 cm³/mol. The van der Waals surface area contributed by atoms with Crippen molar-refractivity contribution in [2.24, 2.45) is 5.92 Å². The SMILES string of the molecule is CC(C)(NC(=O)OC1CN2CCC1CC2)c1cccc(Oc2cccc(C(=O)N3CCOCC3)c2)c1. The molecule has 36 heavy (non-hydrogen) atoms. The van der Waals surface area contributed by atoms with Gasteiger partial charge in [-0.1, -0.05) is 18.2 Å². The number of morpholine rings is 1. The van der Waals surface area contributed by atoms with Gasteiger partial charge in [0.1, 0.15) is 17.6 Å². The molecule has 0 aliphatic carbocycles. The second-order valence-electron chi connectivity index (χ2n) is 10.4. The molecule has 1 atom stereocenters. The second-order valence-corrected chi connectivity index (χ2v) is 10.4. The zero-order valence-electron chi connectivity index (χ0n) is 21.1. The molecule has 2 amide bonds. The minimum Gasteiger partial charge on any atom is -0.457 e. The summed E-state index contributed by atoms with van der Waals surface area (Å²) in [5, 5.41) is 3.04. The van der Waals surface area contributed by atoms with Crippen molar-refractivity contribution >= 4 is 12.0 Å². The van der Waals surface area contributed by atoms with Crippen LogP contribution in [0.1, 0.15) is 42.6 Å². The summed E-state index contributed by atoms with van der Waals surface area (Å²) in [7, 11) is 0. The summed E-state index contributed by atoms with van der Waals surface area (Å²) in [5.41, 5.74) is 0.827. The van der Waals surface area contributed by atoms with Gasteiger partial charge < -0.3 is 24.4 Å². The van der Waals surface area contributed by atoms with Crippen LogP contribution in [0.15, 0.2) is 48.5 Å². The third-order valence-corrected chi connectivity index (χ3v) is 7.44. The Balaban J connectivity index is 1.22. The van der Waals surface area contributed by atoms with Crippen molar-refractivity contribution in [3.05, 3.63) is 59.7 Å². The van der Waals surface area contributed by atoms with Gasteiger partial charge in [0, 0.05) is 25.2 Å². The number of nitrogens with one attached hydrogen (secondary N) is 1. The highest BCUT2D eigenvalue weighted by atomic mass is 16.6. The number of hydrogen-bond donors (Lipinski definition) is 1. The van der Waals surface area contributed by atoms with E-state index >= 15 is 0 Å². The molecular formula is C28H35N3O5. The number of nitrogens with zero attached hydrogens (tertiary/aromatic N) is 2. The van der Waals surface area contributed by atoms with Crippen molar-refractivity contribution in [1.29, 1.82) is 0 Å². The third-order valence-electron chi connectivity index (χ3n) is 7.44. The van der Waals surface area contributed by atoms with E-state index in [0.717, 1.165) is 38.0 Å². The number of rotatable bonds is 6. The smallest absolute Gasteiger partial charge is 0.408 e. The maximum Gasteiger partial charge on any atom is 0.408 e. The summed E-state index contributed by atoms with van der Waals surface area (Å²) in [5.74, 6) is 1.65. The molecule has 192 valence electrons. The average molecular weight is 494 g/mol. The summed E-state index contributed by atoms with van der Waals surface area (Å²) in [6.07, 6.45) is 1.77. The molecule has 4 fully saturated rings. The Hall–Kier alpha value is -3.10. The first-order valence-electron chi connectivity index (χ1n) is 12.8. The molecule has 0 spiro atoms. The molecular weight excluding hydrogens is 458 g/mol. The van der Waals surface area contributed by atoms with E-state index in [1.54, 1.807) is 17.0 Å².